The van der Waals surface area contributed by atoms with Crippen LogP contribution >= 0.6 is 0 Å². The van der Waals surface area contributed by atoms with Gasteiger partial charge < -0.3 is 5.73 Å². The average Bonchev–Trinajstić information content (AvgIpc) is 2.29. The van der Waals surface area contributed by atoms with Crippen LogP contribution in [-0.4, -0.2) is 29.6 Å². The summed E-state index contributed by atoms with van der Waals surface area (Å²) in [7, 11) is -3.11. The van der Waals surface area contributed by atoms with E-state index in [9.17, 15) is 18.0 Å². The van der Waals surface area contributed by atoms with Crippen LogP contribution in [-0.2, 0) is 22.9 Å². The van der Waals surface area contributed by atoms with Crippen LogP contribution in [0.1, 0.15) is 19.8 Å². The third-order valence-electron chi connectivity index (χ3n) is 2.62. The zero-order valence-corrected chi connectivity index (χ0v) is 11.9. The quantitative estimate of drug-likeness (QED) is 0.755. The summed E-state index contributed by atoms with van der Waals surface area (Å²) in [5.74, 6) is -0.0680. The zero-order chi connectivity index (χ0) is 14.6. The monoisotopic (exact) mass is 289 g/mol. The molecule has 1 heterocycles. The minimum Gasteiger partial charge on any atom is -0.393 e. The van der Waals surface area contributed by atoms with Gasteiger partial charge in [-0.1, -0.05) is 6.92 Å². The highest BCUT2D eigenvalue weighted by Gasteiger charge is 2.10. The van der Waals surface area contributed by atoms with Gasteiger partial charge in [-0.25, -0.2) is 13.2 Å². The molecule has 19 heavy (non-hydrogen) atoms. The van der Waals surface area contributed by atoms with Gasteiger partial charge in [0, 0.05) is 25.5 Å². The van der Waals surface area contributed by atoms with Gasteiger partial charge in [0.25, 0.3) is 5.56 Å². The number of aromatic nitrogens is 2. The Balaban J connectivity index is 3.06. The lowest BCUT2D eigenvalue weighted by Gasteiger charge is -2.10. The molecule has 0 amide bonds. The van der Waals surface area contributed by atoms with Crippen molar-refractivity contribution in [1.82, 2.24) is 9.13 Å². The normalized spacial score (nSPS) is 11.7. The van der Waals surface area contributed by atoms with Gasteiger partial charge in [0.05, 0.1) is 5.75 Å². The number of hydrogen-bond donors (Lipinski definition) is 1. The molecule has 0 atom stereocenters. The van der Waals surface area contributed by atoms with Crippen molar-refractivity contribution in [2.75, 3.05) is 17.7 Å². The molecule has 1 aromatic heterocycles. The fourth-order valence-electron chi connectivity index (χ4n) is 1.76. The molecule has 0 unspecified atom stereocenters. The van der Waals surface area contributed by atoms with Crippen molar-refractivity contribution in [3.8, 4) is 0 Å². The van der Waals surface area contributed by atoms with Gasteiger partial charge in [-0.3, -0.25) is 13.9 Å². The SMILES string of the molecule is CCCn1cc(N)c(=O)n(CCCS(C)(=O)=O)c1=O. The Kier molecular flexibility index (Phi) is 4.93. The van der Waals surface area contributed by atoms with Crippen LogP contribution < -0.4 is 17.0 Å². The molecule has 0 saturated carbocycles. The maximum atomic E-state index is 12.0. The Morgan fingerprint density at radius 1 is 1.26 bits per heavy atom. The lowest BCUT2D eigenvalue weighted by atomic mass is 10.4. The fourth-order valence-corrected chi connectivity index (χ4v) is 2.41. The Morgan fingerprint density at radius 3 is 2.42 bits per heavy atom. The van der Waals surface area contributed by atoms with Crippen LogP contribution in [0.3, 0.4) is 0 Å². The van der Waals surface area contributed by atoms with Crippen LogP contribution in [0.25, 0.3) is 0 Å². The summed E-state index contributed by atoms with van der Waals surface area (Å²) >= 11 is 0. The first-order valence-electron chi connectivity index (χ1n) is 6.03. The molecule has 0 aliphatic carbocycles. The lowest BCUT2D eigenvalue weighted by molar-refractivity contribution is 0.539. The van der Waals surface area contributed by atoms with Gasteiger partial charge in [-0.15, -0.1) is 0 Å². The smallest absolute Gasteiger partial charge is 0.331 e. The van der Waals surface area contributed by atoms with E-state index in [1.165, 1.54) is 10.8 Å². The van der Waals surface area contributed by atoms with Crippen LogP contribution in [0, 0.1) is 0 Å². The molecule has 108 valence electrons. The second-order valence-corrected chi connectivity index (χ2v) is 6.76. The van der Waals surface area contributed by atoms with Crippen molar-refractivity contribution in [2.24, 2.45) is 0 Å². The van der Waals surface area contributed by atoms with Gasteiger partial charge in [0.15, 0.2) is 0 Å². The van der Waals surface area contributed by atoms with Gasteiger partial charge >= 0.3 is 5.69 Å². The van der Waals surface area contributed by atoms with Crippen molar-refractivity contribution in [2.45, 2.75) is 32.9 Å². The van der Waals surface area contributed by atoms with Crippen molar-refractivity contribution >= 4 is 15.5 Å². The number of anilines is 1. The largest absolute Gasteiger partial charge is 0.393 e. The van der Waals surface area contributed by atoms with E-state index in [1.807, 2.05) is 6.92 Å². The zero-order valence-electron chi connectivity index (χ0n) is 11.1. The van der Waals surface area contributed by atoms with Crippen LogP contribution in [0.15, 0.2) is 15.8 Å². The second kappa shape index (κ2) is 6.05. The van der Waals surface area contributed by atoms with E-state index in [0.717, 1.165) is 17.2 Å². The average molecular weight is 289 g/mol. The van der Waals surface area contributed by atoms with E-state index >= 15 is 0 Å². The summed E-state index contributed by atoms with van der Waals surface area (Å²) in [5.41, 5.74) is 4.55. The molecule has 8 heteroatoms. The molecule has 0 aliphatic heterocycles. The molecular weight excluding hydrogens is 270 g/mol. The van der Waals surface area contributed by atoms with E-state index in [2.05, 4.69) is 0 Å². The van der Waals surface area contributed by atoms with E-state index < -0.39 is 21.1 Å². The number of hydrogen-bond acceptors (Lipinski definition) is 5. The van der Waals surface area contributed by atoms with E-state index in [0.29, 0.717) is 6.54 Å². The maximum Gasteiger partial charge on any atom is 0.331 e. The molecule has 0 aliphatic rings. The highest BCUT2D eigenvalue weighted by Crippen LogP contribution is 1.95. The fraction of sp³-hybridized carbons (Fsp3) is 0.636. The molecule has 1 rings (SSSR count). The van der Waals surface area contributed by atoms with Crippen molar-refractivity contribution in [3.05, 3.63) is 27.0 Å². The number of nitrogens with zero attached hydrogens (tertiary/aromatic N) is 2. The standard InChI is InChI=1S/C11H19N3O4S/c1-3-5-13-8-9(12)10(15)14(11(13)16)6-4-7-19(2,17)18/h8H,3-7,12H2,1-2H3. The predicted octanol–water partition coefficient (Wildman–Crippen LogP) is -0.563. The Bertz CT molecular complexity index is 657. The van der Waals surface area contributed by atoms with E-state index in [4.69, 9.17) is 5.73 Å². The third-order valence-corrected chi connectivity index (χ3v) is 3.66. The Labute approximate surface area is 111 Å². The van der Waals surface area contributed by atoms with Crippen LogP contribution in [0.5, 0.6) is 0 Å². The summed E-state index contributed by atoms with van der Waals surface area (Å²) in [4.78, 5) is 23.8. The maximum absolute atomic E-state index is 12.0. The van der Waals surface area contributed by atoms with Crippen LogP contribution in [0.2, 0.25) is 0 Å². The summed E-state index contributed by atoms with van der Waals surface area (Å²) in [6.07, 6.45) is 3.40. The molecule has 0 bridgehead atoms. The van der Waals surface area contributed by atoms with Gasteiger partial charge in [0.2, 0.25) is 0 Å². The minimum atomic E-state index is -3.11. The molecule has 7 nitrogen and oxygen atoms in total. The Hall–Kier alpha value is -1.57. The van der Waals surface area contributed by atoms with Crippen molar-refractivity contribution in [3.63, 3.8) is 0 Å². The highest BCUT2D eigenvalue weighted by atomic mass is 32.2. The summed E-state index contributed by atoms with van der Waals surface area (Å²) < 4.78 is 24.4. The van der Waals surface area contributed by atoms with Crippen LogP contribution in [0.4, 0.5) is 5.69 Å². The topological polar surface area (TPSA) is 104 Å². The van der Waals surface area contributed by atoms with E-state index in [-0.39, 0.29) is 24.4 Å². The number of sulfone groups is 1. The predicted molar refractivity (Wildman–Crippen MR) is 74.0 cm³/mol. The van der Waals surface area contributed by atoms with Crippen molar-refractivity contribution in [1.29, 1.82) is 0 Å². The molecular formula is C11H19N3O4S. The number of nitrogens with two attached hydrogens (primary N) is 1. The third kappa shape index (κ3) is 4.23. The molecule has 2 N–H and O–H groups in total. The van der Waals surface area contributed by atoms with Gasteiger partial charge in [-0.05, 0) is 12.8 Å². The summed E-state index contributed by atoms with van der Waals surface area (Å²) in [6, 6.07) is 0. The molecule has 0 aromatic carbocycles. The molecule has 1 aromatic rings. The number of nitrogen functional groups attached to an aromatic ring is 1. The summed E-state index contributed by atoms with van der Waals surface area (Å²) in [5, 5.41) is 0. The van der Waals surface area contributed by atoms with Crippen molar-refractivity contribution < 1.29 is 8.42 Å². The molecule has 0 fully saturated rings. The van der Waals surface area contributed by atoms with Gasteiger partial charge in [-0.2, -0.15) is 0 Å². The lowest BCUT2D eigenvalue weighted by Crippen LogP contribution is -2.41. The first kappa shape index (κ1) is 15.5. The molecule has 0 radical (unpaired) electrons. The summed E-state index contributed by atoms with van der Waals surface area (Å²) in [6.45, 7) is 2.43. The molecule has 0 saturated heterocycles. The number of rotatable bonds is 6. The number of aryl methyl sites for hydroxylation is 1. The molecule has 0 spiro atoms. The highest BCUT2D eigenvalue weighted by molar-refractivity contribution is 7.90. The first-order chi connectivity index (χ1) is 8.76. The second-order valence-electron chi connectivity index (χ2n) is 4.50. The van der Waals surface area contributed by atoms with Gasteiger partial charge in [0.1, 0.15) is 15.5 Å². The Morgan fingerprint density at radius 2 is 1.89 bits per heavy atom. The first-order valence-corrected chi connectivity index (χ1v) is 8.09. The minimum absolute atomic E-state index is 0.00703. The van der Waals surface area contributed by atoms with E-state index in [1.54, 1.807) is 0 Å².